The van der Waals surface area contributed by atoms with Gasteiger partial charge in [-0.25, -0.2) is 4.68 Å². The number of nitrogens with one attached hydrogen (secondary N) is 1. The molecule has 22 heavy (non-hydrogen) atoms. The van der Waals surface area contributed by atoms with Crippen LogP contribution in [-0.4, -0.2) is 52.5 Å². The first-order chi connectivity index (χ1) is 10.6. The van der Waals surface area contributed by atoms with Crippen molar-refractivity contribution in [1.29, 1.82) is 0 Å². The number of likely N-dealkylation sites (N-methyl/N-ethyl adjacent to an activating group) is 1. The second-order valence-electron chi connectivity index (χ2n) is 5.13. The molecule has 1 N–H and O–H groups in total. The van der Waals surface area contributed by atoms with Crippen molar-refractivity contribution in [2.45, 2.75) is 19.9 Å². The van der Waals surface area contributed by atoms with Gasteiger partial charge >= 0.3 is 0 Å². The van der Waals surface area contributed by atoms with Gasteiger partial charge < -0.3 is 10.2 Å². The van der Waals surface area contributed by atoms with Gasteiger partial charge in [-0.15, -0.1) is 5.10 Å². The lowest BCUT2D eigenvalue weighted by Crippen LogP contribution is -2.34. The fourth-order valence-corrected chi connectivity index (χ4v) is 2.01. The van der Waals surface area contributed by atoms with E-state index in [9.17, 15) is 9.59 Å². The van der Waals surface area contributed by atoms with E-state index in [4.69, 9.17) is 0 Å². The van der Waals surface area contributed by atoms with E-state index in [1.807, 2.05) is 13.1 Å². The van der Waals surface area contributed by atoms with Crippen LogP contribution in [0.3, 0.4) is 0 Å². The summed E-state index contributed by atoms with van der Waals surface area (Å²) in [6, 6.07) is 7.04. The van der Waals surface area contributed by atoms with Gasteiger partial charge in [-0.05, 0) is 25.7 Å². The highest BCUT2D eigenvalue weighted by molar-refractivity contribution is 5.77. The Labute approximate surface area is 128 Å². The molecule has 0 aliphatic rings. The van der Waals surface area contributed by atoms with E-state index in [0.29, 0.717) is 17.4 Å². The zero-order valence-corrected chi connectivity index (χ0v) is 13.0. The van der Waals surface area contributed by atoms with Gasteiger partial charge in [-0.1, -0.05) is 24.3 Å². The quantitative estimate of drug-likeness (QED) is 0.793. The van der Waals surface area contributed by atoms with E-state index >= 15 is 0 Å². The van der Waals surface area contributed by atoms with E-state index in [1.165, 1.54) is 4.68 Å². The Morgan fingerprint density at radius 2 is 2.14 bits per heavy atom. The third kappa shape index (κ3) is 4.11. The van der Waals surface area contributed by atoms with Crippen molar-refractivity contribution in [2.75, 3.05) is 26.7 Å². The molecule has 0 saturated heterocycles. The van der Waals surface area contributed by atoms with E-state index in [0.717, 1.165) is 13.1 Å². The third-order valence-corrected chi connectivity index (χ3v) is 3.54. The summed E-state index contributed by atoms with van der Waals surface area (Å²) in [5.74, 6) is -0.0913. The molecule has 0 fully saturated rings. The van der Waals surface area contributed by atoms with Gasteiger partial charge in [0.25, 0.3) is 5.56 Å². The van der Waals surface area contributed by atoms with Crippen LogP contribution in [0.4, 0.5) is 0 Å². The summed E-state index contributed by atoms with van der Waals surface area (Å²) in [5.41, 5.74) is 0.347. The molecule has 0 aliphatic heterocycles. The number of fused-ring (bicyclic) bond motifs is 1. The van der Waals surface area contributed by atoms with Crippen LogP contribution in [-0.2, 0) is 11.3 Å². The van der Waals surface area contributed by atoms with Gasteiger partial charge in [-0.2, -0.15) is 0 Å². The summed E-state index contributed by atoms with van der Waals surface area (Å²) >= 11 is 0. The average Bonchev–Trinajstić information content (AvgIpc) is 2.54. The maximum atomic E-state index is 12.2. The summed E-state index contributed by atoms with van der Waals surface area (Å²) < 4.78 is 1.24. The fourth-order valence-electron chi connectivity index (χ4n) is 2.01. The summed E-state index contributed by atoms with van der Waals surface area (Å²) in [7, 11) is 2.00. The normalized spacial score (nSPS) is 11.0. The lowest BCUT2D eigenvalue weighted by molar-refractivity contribution is -0.121. The average molecular weight is 303 g/mol. The zero-order valence-electron chi connectivity index (χ0n) is 13.0. The summed E-state index contributed by atoms with van der Waals surface area (Å²) in [5, 5.41) is 11.2. The number of nitrogens with zero attached hydrogens (tertiary/aromatic N) is 4. The summed E-state index contributed by atoms with van der Waals surface area (Å²) in [6.45, 7) is 4.64. The molecule has 0 spiro atoms. The Morgan fingerprint density at radius 1 is 1.36 bits per heavy atom. The van der Waals surface area contributed by atoms with E-state index < -0.39 is 0 Å². The van der Waals surface area contributed by atoms with Crippen LogP contribution in [0.5, 0.6) is 0 Å². The molecular weight excluding hydrogens is 282 g/mol. The van der Waals surface area contributed by atoms with Crippen molar-refractivity contribution in [3.63, 3.8) is 0 Å². The highest BCUT2D eigenvalue weighted by Gasteiger charge is 2.07. The number of aromatic nitrogens is 3. The second-order valence-corrected chi connectivity index (χ2v) is 5.13. The van der Waals surface area contributed by atoms with Gasteiger partial charge in [0.05, 0.1) is 11.9 Å². The van der Waals surface area contributed by atoms with Gasteiger partial charge in [0.2, 0.25) is 5.91 Å². The number of hydrogen-bond acceptors (Lipinski definition) is 5. The maximum Gasteiger partial charge on any atom is 0.277 e. The molecule has 0 unspecified atom stereocenters. The lowest BCUT2D eigenvalue weighted by Gasteiger charge is -2.13. The van der Waals surface area contributed by atoms with Crippen LogP contribution in [0.15, 0.2) is 29.1 Å². The summed E-state index contributed by atoms with van der Waals surface area (Å²) in [4.78, 5) is 26.1. The van der Waals surface area contributed by atoms with Crippen LogP contribution in [0, 0.1) is 0 Å². The lowest BCUT2D eigenvalue weighted by atomic mass is 10.2. The SMILES string of the molecule is CCN(C)CCNC(=O)CCn1nnc2ccccc2c1=O. The molecule has 7 heteroatoms. The molecule has 0 saturated carbocycles. The Bertz CT molecular complexity index is 698. The molecule has 1 amide bonds. The van der Waals surface area contributed by atoms with Crippen LogP contribution >= 0.6 is 0 Å². The van der Waals surface area contributed by atoms with Crippen LogP contribution in [0.25, 0.3) is 10.9 Å². The number of hydrogen-bond donors (Lipinski definition) is 1. The summed E-state index contributed by atoms with van der Waals surface area (Å²) in [6.07, 6.45) is 0.211. The molecule has 1 heterocycles. The predicted molar refractivity (Wildman–Crippen MR) is 84.6 cm³/mol. The standard InChI is InChI=1S/C15H21N5O2/c1-3-19(2)11-9-16-14(21)8-10-20-15(22)12-6-4-5-7-13(12)17-18-20/h4-7H,3,8-11H2,1-2H3,(H,16,21). The smallest absolute Gasteiger partial charge is 0.277 e. The number of rotatable bonds is 7. The minimum Gasteiger partial charge on any atom is -0.355 e. The fraction of sp³-hybridized carbons (Fsp3) is 0.467. The highest BCUT2D eigenvalue weighted by Crippen LogP contribution is 2.03. The molecule has 7 nitrogen and oxygen atoms in total. The third-order valence-electron chi connectivity index (χ3n) is 3.54. The number of amides is 1. The maximum absolute atomic E-state index is 12.2. The molecule has 2 aromatic rings. The van der Waals surface area contributed by atoms with Gasteiger partial charge in [0.15, 0.2) is 0 Å². The van der Waals surface area contributed by atoms with Crippen molar-refractivity contribution in [3.05, 3.63) is 34.6 Å². The van der Waals surface area contributed by atoms with Crippen molar-refractivity contribution >= 4 is 16.8 Å². The Hall–Kier alpha value is -2.28. The first-order valence-corrected chi connectivity index (χ1v) is 7.39. The molecular formula is C15H21N5O2. The van der Waals surface area contributed by atoms with Crippen LogP contribution in [0.1, 0.15) is 13.3 Å². The Kier molecular flexibility index (Phi) is 5.60. The molecule has 1 aromatic heterocycles. The number of carbonyl (C=O) groups is 1. The first-order valence-electron chi connectivity index (χ1n) is 7.39. The number of carbonyl (C=O) groups excluding carboxylic acids is 1. The van der Waals surface area contributed by atoms with E-state index in [2.05, 4.69) is 27.5 Å². The molecule has 1 aromatic carbocycles. The molecule has 0 radical (unpaired) electrons. The monoisotopic (exact) mass is 303 g/mol. The van der Waals surface area contributed by atoms with Crippen molar-refractivity contribution < 1.29 is 4.79 Å². The Balaban J connectivity index is 1.90. The zero-order chi connectivity index (χ0) is 15.9. The van der Waals surface area contributed by atoms with Crippen molar-refractivity contribution in [1.82, 2.24) is 25.2 Å². The molecule has 0 bridgehead atoms. The van der Waals surface area contributed by atoms with Crippen molar-refractivity contribution in [3.8, 4) is 0 Å². The van der Waals surface area contributed by atoms with Gasteiger partial charge in [-0.3, -0.25) is 9.59 Å². The first kappa shape index (κ1) is 16.1. The van der Waals surface area contributed by atoms with E-state index in [-0.39, 0.29) is 24.4 Å². The van der Waals surface area contributed by atoms with Crippen LogP contribution in [0.2, 0.25) is 0 Å². The largest absolute Gasteiger partial charge is 0.355 e. The predicted octanol–water partition coefficient (Wildman–Crippen LogP) is 0.250. The highest BCUT2D eigenvalue weighted by atomic mass is 16.2. The van der Waals surface area contributed by atoms with Crippen molar-refractivity contribution in [2.24, 2.45) is 0 Å². The van der Waals surface area contributed by atoms with Crippen LogP contribution < -0.4 is 10.9 Å². The molecule has 0 atom stereocenters. The molecule has 2 rings (SSSR count). The molecule has 118 valence electrons. The molecule has 0 aliphatic carbocycles. The Morgan fingerprint density at radius 3 is 2.91 bits per heavy atom. The topological polar surface area (TPSA) is 80.1 Å². The van der Waals surface area contributed by atoms with Gasteiger partial charge in [0, 0.05) is 19.5 Å². The minimum absolute atomic E-state index is 0.0913. The number of aryl methyl sites for hydroxylation is 1. The number of benzene rings is 1. The van der Waals surface area contributed by atoms with E-state index in [1.54, 1.807) is 18.2 Å². The minimum atomic E-state index is -0.218. The van der Waals surface area contributed by atoms with Gasteiger partial charge in [0.1, 0.15) is 5.52 Å². The second kappa shape index (κ2) is 7.65.